The van der Waals surface area contributed by atoms with E-state index in [0.29, 0.717) is 25.3 Å². The number of halogens is 1. The van der Waals surface area contributed by atoms with Crippen LogP contribution in [0, 0.1) is 5.92 Å². The first kappa shape index (κ1) is 15.4. The highest BCUT2D eigenvalue weighted by atomic mass is 79.9. The van der Waals surface area contributed by atoms with Crippen molar-refractivity contribution in [3.63, 3.8) is 0 Å². The number of likely N-dealkylation sites (tertiary alicyclic amines) is 1. The topological polar surface area (TPSA) is 57.6 Å². The zero-order valence-corrected chi connectivity index (χ0v) is 13.3. The van der Waals surface area contributed by atoms with Crippen molar-refractivity contribution in [1.29, 1.82) is 0 Å². The number of carboxylic acids is 1. The van der Waals surface area contributed by atoms with E-state index in [0.717, 1.165) is 15.8 Å². The molecule has 1 aromatic rings. The van der Waals surface area contributed by atoms with Gasteiger partial charge in [0, 0.05) is 22.5 Å². The van der Waals surface area contributed by atoms with Gasteiger partial charge in [0.05, 0.1) is 11.7 Å². The number of thioether (sulfide) groups is 1. The fourth-order valence-corrected chi connectivity index (χ4v) is 3.61. The number of carbonyl (C=O) groups excluding carboxylic acids is 1. The summed E-state index contributed by atoms with van der Waals surface area (Å²) in [5, 5.41) is 9.03. The fraction of sp³-hybridized carbons (Fsp3) is 0.429. The molecule has 0 aliphatic carbocycles. The summed E-state index contributed by atoms with van der Waals surface area (Å²) < 4.78 is 0.985. The molecule has 2 rings (SSSR count). The van der Waals surface area contributed by atoms with Gasteiger partial charge in [0.2, 0.25) is 5.91 Å². The highest BCUT2D eigenvalue weighted by molar-refractivity contribution is 9.10. The lowest BCUT2D eigenvalue weighted by atomic mass is 9.98. The molecular weight excluding hydrogens is 342 g/mol. The molecule has 108 valence electrons. The second-order valence-corrected chi connectivity index (χ2v) is 6.73. The molecule has 1 heterocycles. The second kappa shape index (κ2) is 7.13. The van der Waals surface area contributed by atoms with Gasteiger partial charge in [0.15, 0.2) is 0 Å². The minimum Gasteiger partial charge on any atom is -0.481 e. The predicted octanol–water partition coefficient (Wildman–Crippen LogP) is 2.86. The minimum atomic E-state index is -0.804. The van der Waals surface area contributed by atoms with Crippen LogP contribution in [0.25, 0.3) is 0 Å². The maximum Gasteiger partial charge on any atom is 0.308 e. The van der Waals surface area contributed by atoms with Crippen molar-refractivity contribution in [2.24, 2.45) is 5.92 Å². The van der Waals surface area contributed by atoms with Gasteiger partial charge in [0.1, 0.15) is 0 Å². The molecule has 1 saturated heterocycles. The SMILES string of the molecule is O=C(O)[C@H]1CCCN(C(=O)CSc2cccc(Br)c2)C1. The maximum absolute atomic E-state index is 12.1. The summed E-state index contributed by atoms with van der Waals surface area (Å²) in [4.78, 5) is 25.8. The smallest absolute Gasteiger partial charge is 0.308 e. The molecule has 1 atom stereocenters. The van der Waals surface area contributed by atoms with Crippen molar-refractivity contribution in [2.75, 3.05) is 18.8 Å². The van der Waals surface area contributed by atoms with Gasteiger partial charge < -0.3 is 10.0 Å². The molecule has 0 radical (unpaired) electrons. The predicted molar refractivity (Wildman–Crippen MR) is 81.8 cm³/mol. The zero-order valence-electron chi connectivity index (χ0n) is 10.9. The molecule has 1 aliphatic heterocycles. The highest BCUT2D eigenvalue weighted by Crippen LogP contribution is 2.23. The summed E-state index contributed by atoms with van der Waals surface area (Å²) in [5.41, 5.74) is 0. The van der Waals surface area contributed by atoms with E-state index in [2.05, 4.69) is 15.9 Å². The van der Waals surface area contributed by atoms with Crippen LogP contribution < -0.4 is 0 Å². The summed E-state index contributed by atoms with van der Waals surface area (Å²) >= 11 is 4.87. The van der Waals surface area contributed by atoms with E-state index in [4.69, 9.17) is 5.11 Å². The first-order valence-corrected chi connectivity index (χ1v) is 8.23. The molecule has 0 unspecified atom stereocenters. The van der Waals surface area contributed by atoms with E-state index in [1.807, 2.05) is 24.3 Å². The van der Waals surface area contributed by atoms with E-state index < -0.39 is 11.9 Å². The van der Waals surface area contributed by atoms with Crippen LogP contribution in [0.3, 0.4) is 0 Å². The molecule has 1 aliphatic rings. The van der Waals surface area contributed by atoms with Gasteiger partial charge in [0.25, 0.3) is 0 Å². The number of benzene rings is 1. The fourth-order valence-electron chi connectivity index (χ4n) is 2.20. The molecule has 0 aromatic heterocycles. The van der Waals surface area contributed by atoms with Gasteiger partial charge in [-0.1, -0.05) is 22.0 Å². The van der Waals surface area contributed by atoms with Crippen LogP contribution in [-0.2, 0) is 9.59 Å². The van der Waals surface area contributed by atoms with E-state index in [1.165, 1.54) is 11.8 Å². The lowest BCUT2D eigenvalue weighted by molar-refractivity contribution is -0.145. The van der Waals surface area contributed by atoms with E-state index in [1.54, 1.807) is 4.90 Å². The number of piperidine rings is 1. The van der Waals surface area contributed by atoms with Crippen molar-refractivity contribution in [1.82, 2.24) is 4.90 Å². The average molecular weight is 358 g/mol. The molecule has 0 saturated carbocycles. The van der Waals surface area contributed by atoms with Crippen LogP contribution in [0.2, 0.25) is 0 Å². The molecule has 4 nitrogen and oxygen atoms in total. The highest BCUT2D eigenvalue weighted by Gasteiger charge is 2.27. The molecule has 1 fully saturated rings. The van der Waals surface area contributed by atoms with E-state index in [-0.39, 0.29) is 5.91 Å². The molecule has 1 amide bonds. The van der Waals surface area contributed by atoms with E-state index in [9.17, 15) is 9.59 Å². The lowest BCUT2D eigenvalue weighted by Crippen LogP contribution is -2.43. The van der Waals surface area contributed by atoms with Gasteiger partial charge in [-0.2, -0.15) is 0 Å². The third kappa shape index (κ3) is 4.24. The Hall–Kier alpha value is -1.01. The normalized spacial score (nSPS) is 18.9. The van der Waals surface area contributed by atoms with Crippen LogP contribution in [-0.4, -0.2) is 40.7 Å². The number of rotatable bonds is 4. The number of hydrogen-bond donors (Lipinski definition) is 1. The van der Waals surface area contributed by atoms with Crippen LogP contribution in [0.5, 0.6) is 0 Å². The number of carbonyl (C=O) groups is 2. The summed E-state index contributed by atoms with van der Waals surface area (Å²) in [6.45, 7) is 1.01. The quantitative estimate of drug-likeness (QED) is 0.841. The summed E-state index contributed by atoms with van der Waals surface area (Å²) in [6.07, 6.45) is 1.43. The summed E-state index contributed by atoms with van der Waals surface area (Å²) in [7, 11) is 0. The van der Waals surface area contributed by atoms with E-state index >= 15 is 0 Å². The zero-order chi connectivity index (χ0) is 14.5. The first-order valence-electron chi connectivity index (χ1n) is 6.45. The van der Waals surface area contributed by atoms with Crippen LogP contribution in [0.1, 0.15) is 12.8 Å². The molecule has 0 bridgehead atoms. The van der Waals surface area contributed by atoms with Crippen LogP contribution in [0.15, 0.2) is 33.6 Å². The minimum absolute atomic E-state index is 0.0147. The Kier molecular flexibility index (Phi) is 5.48. The Bertz CT molecular complexity index is 509. The van der Waals surface area contributed by atoms with Crippen LogP contribution >= 0.6 is 27.7 Å². The molecule has 6 heteroatoms. The Morgan fingerprint density at radius 1 is 1.45 bits per heavy atom. The van der Waals surface area contributed by atoms with Crippen molar-refractivity contribution in [3.05, 3.63) is 28.7 Å². The number of aliphatic carboxylic acids is 1. The van der Waals surface area contributed by atoms with Gasteiger partial charge in [-0.3, -0.25) is 9.59 Å². The van der Waals surface area contributed by atoms with Crippen molar-refractivity contribution in [2.45, 2.75) is 17.7 Å². The average Bonchev–Trinajstić information content (AvgIpc) is 2.45. The standard InChI is InChI=1S/C14H16BrNO3S/c15-11-4-1-5-12(7-11)20-9-13(17)16-6-2-3-10(8-16)14(18)19/h1,4-5,7,10H,2-3,6,8-9H2,(H,18,19)/t10-/m0/s1. The summed E-state index contributed by atoms with van der Waals surface area (Å²) in [6, 6.07) is 7.79. The molecule has 0 spiro atoms. The van der Waals surface area contributed by atoms with Gasteiger partial charge in [-0.05, 0) is 31.0 Å². The largest absolute Gasteiger partial charge is 0.481 e. The number of amides is 1. The Morgan fingerprint density at radius 2 is 2.25 bits per heavy atom. The third-order valence-electron chi connectivity index (χ3n) is 3.28. The van der Waals surface area contributed by atoms with Crippen LogP contribution in [0.4, 0.5) is 0 Å². The monoisotopic (exact) mass is 357 g/mol. The molecular formula is C14H16BrNO3S. The molecule has 1 N–H and O–H groups in total. The second-order valence-electron chi connectivity index (χ2n) is 4.76. The maximum atomic E-state index is 12.1. The van der Waals surface area contributed by atoms with Gasteiger partial charge in [-0.15, -0.1) is 11.8 Å². The van der Waals surface area contributed by atoms with Crippen molar-refractivity contribution in [3.8, 4) is 0 Å². The first-order chi connectivity index (χ1) is 9.56. The molecule has 20 heavy (non-hydrogen) atoms. The summed E-state index contributed by atoms with van der Waals surface area (Å²) in [5.74, 6) is -0.852. The Balaban J connectivity index is 1.87. The third-order valence-corrected chi connectivity index (χ3v) is 4.75. The number of hydrogen-bond acceptors (Lipinski definition) is 3. The van der Waals surface area contributed by atoms with Gasteiger partial charge >= 0.3 is 5.97 Å². The lowest BCUT2D eigenvalue weighted by Gasteiger charge is -2.30. The van der Waals surface area contributed by atoms with Gasteiger partial charge in [-0.25, -0.2) is 0 Å². The number of nitrogens with zero attached hydrogens (tertiary/aromatic N) is 1. The van der Waals surface area contributed by atoms with Crippen molar-refractivity contribution >= 4 is 39.6 Å². The van der Waals surface area contributed by atoms with Crippen molar-refractivity contribution < 1.29 is 14.7 Å². The molecule has 1 aromatic carbocycles. The number of carboxylic acid groups (broad SMARTS) is 1. The Labute approximate surface area is 130 Å². The Morgan fingerprint density at radius 3 is 2.95 bits per heavy atom.